The normalized spacial score (nSPS) is 23.8. The van der Waals surface area contributed by atoms with Crippen LogP contribution in [0.2, 0.25) is 0 Å². The highest BCUT2D eigenvalue weighted by Gasteiger charge is 2.32. The molecular formula is C13H15F4NO. The third-order valence-electron chi connectivity index (χ3n) is 3.22. The van der Waals surface area contributed by atoms with E-state index in [1.807, 2.05) is 6.92 Å². The smallest absolute Gasteiger partial charge is 0.379 e. The molecule has 19 heavy (non-hydrogen) atoms. The van der Waals surface area contributed by atoms with Crippen LogP contribution in [0.15, 0.2) is 18.2 Å². The molecule has 0 saturated carbocycles. The molecule has 0 aromatic heterocycles. The minimum atomic E-state index is -4.53. The second-order valence-corrected chi connectivity index (χ2v) is 5.06. The van der Waals surface area contributed by atoms with Crippen LogP contribution in [0.4, 0.5) is 17.6 Å². The standard InChI is InChI=1S/C13H15F4NO/c1-12(2-3-19-8-12)18-7-9-4-10(13(15,16)17)6-11(14)5-9/h4-6,18H,2-3,7-8H2,1H3. The molecule has 0 bridgehead atoms. The SMILES string of the molecule is CC1(NCc2cc(F)cc(C(F)(F)F)c2)CCOC1. The van der Waals surface area contributed by atoms with Crippen molar-refractivity contribution < 1.29 is 22.3 Å². The van der Waals surface area contributed by atoms with Crippen LogP contribution in [-0.2, 0) is 17.5 Å². The Labute approximate surface area is 108 Å². The number of nitrogens with one attached hydrogen (secondary N) is 1. The molecule has 0 spiro atoms. The molecule has 1 atom stereocenters. The van der Waals surface area contributed by atoms with E-state index in [0.717, 1.165) is 18.6 Å². The summed E-state index contributed by atoms with van der Waals surface area (Å²) in [6.45, 7) is 3.25. The van der Waals surface area contributed by atoms with E-state index in [0.29, 0.717) is 19.3 Å². The summed E-state index contributed by atoms with van der Waals surface area (Å²) in [5.41, 5.74) is -0.942. The molecule has 1 aromatic rings. The molecule has 1 N–H and O–H groups in total. The van der Waals surface area contributed by atoms with Crippen molar-refractivity contribution in [2.45, 2.75) is 31.6 Å². The Morgan fingerprint density at radius 2 is 2.05 bits per heavy atom. The van der Waals surface area contributed by atoms with E-state index in [1.54, 1.807) is 0 Å². The molecule has 0 radical (unpaired) electrons. The van der Waals surface area contributed by atoms with Gasteiger partial charge >= 0.3 is 6.18 Å². The summed E-state index contributed by atoms with van der Waals surface area (Å²) in [7, 11) is 0. The van der Waals surface area contributed by atoms with Crippen LogP contribution < -0.4 is 5.32 Å². The number of rotatable bonds is 3. The molecule has 1 aliphatic heterocycles. The second-order valence-electron chi connectivity index (χ2n) is 5.06. The number of halogens is 4. The molecule has 1 fully saturated rings. The zero-order valence-electron chi connectivity index (χ0n) is 10.5. The molecule has 1 saturated heterocycles. The largest absolute Gasteiger partial charge is 0.416 e. The third kappa shape index (κ3) is 3.67. The van der Waals surface area contributed by atoms with Gasteiger partial charge in [-0.15, -0.1) is 0 Å². The molecular weight excluding hydrogens is 262 g/mol. The lowest BCUT2D eigenvalue weighted by Crippen LogP contribution is -2.42. The third-order valence-corrected chi connectivity index (χ3v) is 3.22. The van der Waals surface area contributed by atoms with Crippen LogP contribution in [0, 0.1) is 5.82 Å². The van der Waals surface area contributed by atoms with Crippen LogP contribution in [-0.4, -0.2) is 18.8 Å². The first-order valence-corrected chi connectivity index (χ1v) is 5.98. The van der Waals surface area contributed by atoms with Gasteiger partial charge in [-0.3, -0.25) is 0 Å². The fourth-order valence-corrected chi connectivity index (χ4v) is 2.04. The summed E-state index contributed by atoms with van der Waals surface area (Å²) in [6.07, 6.45) is -3.74. The van der Waals surface area contributed by atoms with Gasteiger partial charge in [-0.25, -0.2) is 4.39 Å². The molecule has 0 amide bonds. The Morgan fingerprint density at radius 3 is 2.63 bits per heavy atom. The summed E-state index contributed by atoms with van der Waals surface area (Å²) in [6, 6.07) is 2.58. The van der Waals surface area contributed by atoms with E-state index < -0.39 is 17.6 Å². The molecule has 1 aliphatic rings. The second kappa shape index (κ2) is 5.09. The number of ether oxygens (including phenoxy) is 1. The van der Waals surface area contributed by atoms with Crippen molar-refractivity contribution in [2.75, 3.05) is 13.2 Å². The lowest BCUT2D eigenvalue weighted by Gasteiger charge is -2.23. The van der Waals surface area contributed by atoms with Crippen LogP contribution in [0.1, 0.15) is 24.5 Å². The zero-order chi connectivity index (χ0) is 14.1. The average molecular weight is 277 g/mol. The van der Waals surface area contributed by atoms with Crippen molar-refractivity contribution in [1.82, 2.24) is 5.32 Å². The topological polar surface area (TPSA) is 21.3 Å². The summed E-state index contributed by atoms with van der Waals surface area (Å²) in [5, 5.41) is 3.12. The van der Waals surface area contributed by atoms with E-state index in [-0.39, 0.29) is 17.6 Å². The molecule has 1 unspecified atom stereocenters. The van der Waals surface area contributed by atoms with Crippen LogP contribution in [0.3, 0.4) is 0 Å². The van der Waals surface area contributed by atoms with E-state index in [4.69, 9.17) is 4.74 Å². The van der Waals surface area contributed by atoms with Gasteiger partial charge in [0.2, 0.25) is 0 Å². The summed E-state index contributed by atoms with van der Waals surface area (Å²) < 4.78 is 56.1. The molecule has 2 nitrogen and oxygen atoms in total. The Kier molecular flexibility index (Phi) is 3.82. The highest BCUT2D eigenvalue weighted by atomic mass is 19.4. The zero-order valence-corrected chi connectivity index (χ0v) is 10.5. The summed E-state index contributed by atoms with van der Waals surface area (Å²) in [4.78, 5) is 0. The first-order valence-electron chi connectivity index (χ1n) is 5.98. The Hall–Kier alpha value is -1.14. The Bertz CT molecular complexity index is 452. The van der Waals surface area contributed by atoms with E-state index in [1.165, 1.54) is 0 Å². The van der Waals surface area contributed by atoms with Crippen molar-refractivity contribution in [3.63, 3.8) is 0 Å². The van der Waals surface area contributed by atoms with Crippen molar-refractivity contribution >= 4 is 0 Å². The monoisotopic (exact) mass is 277 g/mol. The van der Waals surface area contributed by atoms with Gasteiger partial charge in [0, 0.05) is 18.7 Å². The van der Waals surface area contributed by atoms with Gasteiger partial charge < -0.3 is 10.1 Å². The van der Waals surface area contributed by atoms with Crippen molar-refractivity contribution in [2.24, 2.45) is 0 Å². The molecule has 2 rings (SSSR count). The van der Waals surface area contributed by atoms with Gasteiger partial charge in [0.25, 0.3) is 0 Å². The molecule has 1 heterocycles. The Morgan fingerprint density at radius 1 is 1.32 bits per heavy atom. The minimum Gasteiger partial charge on any atom is -0.379 e. The molecule has 0 aliphatic carbocycles. The average Bonchev–Trinajstić information content (AvgIpc) is 2.72. The Balaban J connectivity index is 2.10. The predicted octanol–water partition coefficient (Wildman–Crippen LogP) is 3.11. The highest BCUT2D eigenvalue weighted by molar-refractivity contribution is 5.27. The summed E-state index contributed by atoms with van der Waals surface area (Å²) in [5.74, 6) is -0.876. The van der Waals surface area contributed by atoms with Crippen LogP contribution >= 0.6 is 0 Å². The van der Waals surface area contributed by atoms with Crippen molar-refractivity contribution in [1.29, 1.82) is 0 Å². The minimum absolute atomic E-state index is 0.181. The quantitative estimate of drug-likeness (QED) is 0.857. The van der Waals surface area contributed by atoms with E-state index in [9.17, 15) is 17.6 Å². The van der Waals surface area contributed by atoms with Gasteiger partial charge in [0.1, 0.15) is 5.82 Å². The van der Waals surface area contributed by atoms with Gasteiger partial charge in [-0.1, -0.05) is 0 Å². The first kappa shape index (κ1) is 14.3. The van der Waals surface area contributed by atoms with Gasteiger partial charge in [-0.05, 0) is 37.1 Å². The first-order chi connectivity index (χ1) is 8.78. The lowest BCUT2D eigenvalue weighted by atomic mass is 10.0. The lowest BCUT2D eigenvalue weighted by molar-refractivity contribution is -0.137. The van der Waals surface area contributed by atoms with Crippen molar-refractivity contribution in [3.8, 4) is 0 Å². The maximum Gasteiger partial charge on any atom is 0.416 e. The maximum absolute atomic E-state index is 13.2. The molecule has 106 valence electrons. The molecule has 6 heteroatoms. The predicted molar refractivity (Wildman–Crippen MR) is 62.1 cm³/mol. The van der Waals surface area contributed by atoms with Crippen LogP contribution in [0.5, 0.6) is 0 Å². The van der Waals surface area contributed by atoms with E-state index >= 15 is 0 Å². The highest BCUT2D eigenvalue weighted by Crippen LogP contribution is 2.30. The van der Waals surface area contributed by atoms with Crippen LogP contribution in [0.25, 0.3) is 0 Å². The van der Waals surface area contributed by atoms with Gasteiger partial charge in [0.15, 0.2) is 0 Å². The maximum atomic E-state index is 13.2. The fraction of sp³-hybridized carbons (Fsp3) is 0.538. The number of alkyl halides is 3. The number of hydrogen-bond donors (Lipinski definition) is 1. The number of benzene rings is 1. The van der Waals surface area contributed by atoms with Crippen molar-refractivity contribution in [3.05, 3.63) is 35.1 Å². The summed E-state index contributed by atoms with van der Waals surface area (Å²) >= 11 is 0. The fourth-order valence-electron chi connectivity index (χ4n) is 2.04. The molecule has 1 aromatic carbocycles. The number of hydrogen-bond acceptors (Lipinski definition) is 2. The van der Waals surface area contributed by atoms with Gasteiger partial charge in [0.05, 0.1) is 12.2 Å². The van der Waals surface area contributed by atoms with E-state index in [2.05, 4.69) is 5.32 Å². The van der Waals surface area contributed by atoms with Gasteiger partial charge in [-0.2, -0.15) is 13.2 Å².